The first kappa shape index (κ1) is 15.6. The lowest BCUT2D eigenvalue weighted by Crippen LogP contribution is -2.08. The number of unbranched alkanes of at least 4 members (excludes halogenated alkanes) is 1. The maximum Gasteiger partial charge on any atom is 0.389 e. The summed E-state index contributed by atoms with van der Waals surface area (Å²) in [6, 6.07) is 5.64. The number of imidazole rings is 1. The Hall–Kier alpha value is -0.750. The van der Waals surface area contributed by atoms with Gasteiger partial charge in [0.05, 0.1) is 16.9 Å². The molecule has 0 fully saturated rings. The van der Waals surface area contributed by atoms with E-state index in [0.717, 1.165) is 15.5 Å². The third-order valence-electron chi connectivity index (χ3n) is 3.00. The second kappa shape index (κ2) is 6.35. The summed E-state index contributed by atoms with van der Waals surface area (Å²) in [5.41, 5.74) is 1.70. The molecule has 0 spiro atoms. The summed E-state index contributed by atoms with van der Waals surface area (Å²) in [6.45, 7) is 0.491. The van der Waals surface area contributed by atoms with Crippen LogP contribution in [0.25, 0.3) is 11.0 Å². The molecule has 0 atom stereocenters. The first-order chi connectivity index (χ1) is 9.40. The Morgan fingerprint density at radius 1 is 1.25 bits per heavy atom. The van der Waals surface area contributed by atoms with Gasteiger partial charge in [-0.25, -0.2) is 4.98 Å². The minimum absolute atomic E-state index is 0.110. The molecule has 0 radical (unpaired) electrons. The lowest BCUT2D eigenvalue weighted by molar-refractivity contribution is -0.135. The summed E-state index contributed by atoms with van der Waals surface area (Å²) in [7, 11) is 0. The summed E-state index contributed by atoms with van der Waals surface area (Å²) < 4.78 is 39.2. The average Bonchev–Trinajstić information content (AvgIpc) is 2.71. The third-order valence-corrected chi connectivity index (χ3v) is 3.73. The Balaban J connectivity index is 2.13. The SMILES string of the molecule is FC(F)(F)CCCCn1c(CCl)nc2ccc(Br)cc21. The van der Waals surface area contributed by atoms with Gasteiger partial charge in [-0.05, 0) is 31.0 Å². The van der Waals surface area contributed by atoms with Crippen molar-refractivity contribution in [2.24, 2.45) is 0 Å². The Kier molecular flexibility index (Phi) is 4.96. The summed E-state index contributed by atoms with van der Waals surface area (Å²) in [5, 5.41) is 0. The van der Waals surface area contributed by atoms with Crippen LogP contribution in [0.5, 0.6) is 0 Å². The largest absolute Gasteiger partial charge is 0.389 e. The quantitative estimate of drug-likeness (QED) is 0.518. The molecule has 2 nitrogen and oxygen atoms in total. The molecule has 0 amide bonds. The summed E-state index contributed by atoms with van der Waals surface area (Å²) in [5.74, 6) is 0.928. The fraction of sp³-hybridized carbons (Fsp3) is 0.462. The lowest BCUT2D eigenvalue weighted by atomic mass is 10.2. The highest BCUT2D eigenvalue weighted by atomic mass is 79.9. The van der Waals surface area contributed by atoms with E-state index < -0.39 is 12.6 Å². The third kappa shape index (κ3) is 3.88. The van der Waals surface area contributed by atoms with Crippen LogP contribution in [-0.2, 0) is 12.4 Å². The van der Waals surface area contributed by atoms with E-state index in [1.807, 2.05) is 22.8 Å². The number of rotatable bonds is 5. The van der Waals surface area contributed by atoms with Crippen LogP contribution in [0.1, 0.15) is 25.1 Å². The number of fused-ring (bicyclic) bond motifs is 1. The molecule has 0 aliphatic rings. The highest BCUT2D eigenvalue weighted by Crippen LogP contribution is 2.25. The van der Waals surface area contributed by atoms with E-state index in [0.29, 0.717) is 18.8 Å². The van der Waals surface area contributed by atoms with Gasteiger partial charge in [0.15, 0.2) is 0 Å². The molecule has 0 unspecified atom stereocenters. The first-order valence-electron chi connectivity index (χ1n) is 6.18. The van der Waals surface area contributed by atoms with Gasteiger partial charge in [0, 0.05) is 17.4 Å². The normalized spacial score (nSPS) is 12.2. The molecular weight excluding hydrogens is 357 g/mol. The minimum Gasteiger partial charge on any atom is -0.327 e. The van der Waals surface area contributed by atoms with Gasteiger partial charge in [-0.15, -0.1) is 11.6 Å². The van der Waals surface area contributed by atoms with E-state index >= 15 is 0 Å². The number of aryl methyl sites for hydroxylation is 1. The molecule has 0 N–H and O–H groups in total. The van der Waals surface area contributed by atoms with Crippen molar-refractivity contribution >= 4 is 38.6 Å². The number of hydrogen-bond donors (Lipinski definition) is 0. The topological polar surface area (TPSA) is 17.8 Å². The van der Waals surface area contributed by atoms with Crippen LogP contribution in [-0.4, -0.2) is 15.7 Å². The monoisotopic (exact) mass is 368 g/mol. The van der Waals surface area contributed by atoms with Gasteiger partial charge in [-0.2, -0.15) is 13.2 Å². The van der Waals surface area contributed by atoms with Crippen molar-refractivity contribution in [3.8, 4) is 0 Å². The van der Waals surface area contributed by atoms with Crippen molar-refractivity contribution in [1.82, 2.24) is 9.55 Å². The fourth-order valence-electron chi connectivity index (χ4n) is 2.09. The standard InChI is InChI=1S/C13H13BrClF3N2/c14-9-3-4-10-11(7-9)20(12(8-15)19-10)6-2-1-5-13(16,17)18/h3-4,7H,1-2,5-6,8H2. The zero-order valence-corrected chi connectivity index (χ0v) is 12.9. The molecule has 2 rings (SSSR count). The first-order valence-corrected chi connectivity index (χ1v) is 7.51. The van der Waals surface area contributed by atoms with Crippen LogP contribution in [0.4, 0.5) is 13.2 Å². The number of aromatic nitrogens is 2. The lowest BCUT2D eigenvalue weighted by Gasteiger charge is -2.09. The second-order valence-electron chi connectivity index (χ2n) is 4.52. The van der Waals surface area contributed by atoms with E-state index in [1.54, 1.807) is 0 Å². The van der Waals surface area contributed by atoms with Crippen molar-refractivity contribution < 1.29 is 13.2 Å². The molecule has 2 aromatic rings. The van der Waals surface area contributed by atoms with E-state index in [4.69, 9.17) is 11.6 Å². The molecule has 1 heterocycles. The maximum absolute atomic E-state index is 12.1. The number of alkyl halides is 4. The Labute approximate surface area is 128 Å². The average molecular weight is 370 g/mol. The molecule has 1 aromatic carbocycles. The van der Waals surface area contributed by atoms with Crippen molar-refractivity contribution in [3.63, 3.8) is 0 Å². The smallest absolute Gasteiger partial charge is 0.327 e. The molecule has 0 saturated carbocycles. The fourth-order valence-corrected chi connectivity index (χ4v) is 2.65. The minimum atomic E-state index is -4.09. The van der Waals surface area contributed by atoms with Crippen LogP contribution in [0.15, 0.2) is 22.7 Å². The van der Waals surface area contributed by atoms with Gasteiger partial charge in [0.1, 0.15) is 5.82 Å². The molecule has 0 aliphatic carbocycles. The Morgan fingerprint density at radius 3 is 2.65 bits per heavy atom. The highest BCUT2D eigenvalue weighted by molar-refractivity contribution is 9.10. The predicted molar refractivity (Wildman–Crippen MR) is 76.9 cm³/mol. The summed E-state index contributed by atoms with van der Waals surface area (Å²) in [4.78, 5) is 4.39. The van der Waals surface area contributed by atoms with Crippen LogP contribution >= 0.6 is 27.5 Å². The van der Waals surface area contributed by atoms with Gasteiger partial charge in [-0.1, -0.05) is 15.9 Å². The maximum atomic E-state index is 12.1. The Bertz CT molecular complexity index is 595. The zero-order valence-electron chi connectivity index (χ0n) is 10.6. The van der Waals surface area contributed by atoms with Crippen molar-refractivity contribution in [1.29, 1.82) is 0 Å². The number of nitrogens with zero attached hydrogens (tertiary/aromatic N) is 2. The molecular formula is C13H13BrClF3N2. The zero-order chi connectivity index (χ0) is 14.8. The number of benzene rings is 1. The van der Waals surface area contributed by atoms with Crippen molar-refractivity contribution in [3.05, 3.63) is 28.5 Å². The van der Waals surface area contributed by atoms with E-state index in [-0.39, 0.29) is 12.3 Å². The molecule has 0 aliphatic heterocycles. The predicted octanol–water partition coefficient (Wildman–Crippen LogP) is 5.27. The van der Waals surface area contributed by atoms with Crippen LogP contribution < -0.4 is 0 Å². The molecule has 0 bridgehead atoms. The van der Waals surface area contributed by atoms with Gasteiger partial charge in [-0.3, -0.25) is 0 Å². The van der Waals surface area contributed by atoms with Gasteiger partial charge < -0.3 is 4.57 Å². The van der Waals surface area contributed by atoms with Gasteiger partial charge >= 0.3 is 6.18 Å². The second-order valence-corrected chi connectivity index (χ2v) is 5.70. The van der Waals surface area contributed by atoms with E-state index in [2.05, 4.69) is 20.9 Å². The number of halogens is 5. The van der Waals surface area contributed by atoms with E-state index in [1.165, 1.54) is 0 Å². The highest BCUT2D eigenvalue weighted by Gasteiger charge is 2.25. The Morgan fingerprint density at radius 2 is 2.00 bits per heavy atom. The summed E-state index contributed by atoms with van der Waals surface area (Å²) in [6.07, 6.45) is -4.28. The molecule has 0 saturated heterocycles. The van der Waals surface area contributed by atoms with Crippen LogP contribution in [0, 0.1) is 0 Å². The van der Waals surface area contributed by atoms with Crippen LogP contribution in [0.3, 0.4) is 0 Å². The number of hydrogen-bond acceptors (Lipinski definition) is 1. The molecule has 7 heteroatoms. The molecule has 20 heavy (non-hydrogen) atoms. The summed E-state index contributed by atoms with van der Waals surface area (Å²) >= 11 is 9.24. The van der Waals surface area contributed by atoms with Crippen molar-refractivity contribution in [2.75, 3.05) is 0 Å². The molecule has 1 aromatic heterocycles. The van der Waals surface area contributed by atoms with Gasteiger partial charge in [0.2, 0.25) is 0 Å². The van der Waals surface area contributed by atoms with E-state index in [9.17, 15) is 13.2 Å². The van der Waals surface area contributed by atoms with Crippen LogP contribution in [0.2, 0.25) is 0 Å². The van der Waals surface area contributed by atoms with Crippen molar-refractivity contribution in [2.45, 2.75) is 37.9 Å². The van der Waals surface area contributed by atoms with Gasteiger partial charge in [0.25, 0.3) is 0 Å². The molecule has 110 valence electrons.